The van der Waals surface area contributed by atoms with Gasteiger partial charge in [0.15, 0.2) is 11.5 Å². The third-order valence-corrected chi connectivity index (χ3v) is 6.94. The number of pyridine rings is 1. The van der Waals surface area contributed by atoms with Gasteiger partial charge in [0.2, 0.25) is 18.6 Å². The van der Waals surface area contributed by atoms with Crippen molar-refractivity contribution in [3.63, 3.8) is 0 Å². The molecule has 200 valence electrons. The van der Waals surface area contributed by atoms with Gasteiger partial charge in [0.05, 0.1) is 6.04 Å². The van der Waals surface area contributed by atoms with Gasteiger partial charge in [0.1, 0.15) is 17.3 Å². The molecule has 1 unspecified atom stereocenters. The van der Waals surface area contributed by atoms with E-state index in [1.165, 1.54) is 0 Å². The van der Waals surface area contributed by atoms with Crippen LogP contribution in [-0.2, 0) is 17.9 Å². The maximum absolute atomic E-state index is 13.2. The molecule has 1 atom stereocenters. The van der Waals surface area contributed by atoms with Crippen molar-refractivity contribution in [3.05, 3.63) is 83.8 Å². The molecule has 12 heteroatoms. The van der Waals surface area contributed by atoms with Crippen LogP contribution in [0, 0.1) is 0 Å². The maximum Gasteiger partial charge on any atom is 0.238 e. The molecule has 3 aromatic heterocycles. The van der Waals surface area contributed by atoms with Crippen LogP contribution in [0.15, 0.2) is 67.5 Å². The molecule has 1 fully saturated rings. The highest BCUT2D eigenvalue weighted by Gasteiger charge is 2.30. The number of imidazole rings is 1. The predicted molar refractivity (Wildman–Crippen MR) is 144 cm³/mol. The summed E-state index contributed by atoms with van der Waals surface area (Å²) in [5.74, 6) is 2.46. The first-order valence-electron chi connectivity index (χ1n) is 12.7. The van der Waals surface area contributed by atoms with Crippen LogP contribution in [0.25, 0.3) is 5.95 Å². The van der Waals surface area contributed by atoms with Gasteiger partial charge in [-0.15, -0.1) is 0 Å². The van der Waals surface area contributed by atoms with E-state index < -0.39 is 0 Å². The number of nitrogens with one attached hydrogen (secondary N) is 1. The third kappa shape index (κ3) is 5.94. The topological polar surface area (TPSA) is 111 Å². The normalized spacial score (nSPS) is 16.8. The van der Waals surface area contributed by atoms with Crippen LogP contribution in [0.4, 0.5) is 5.82 Å². The molecule has 1 saturated heterocycles. The predicted octanol–water partition coefficient (Wildman–Crippen LogP) is 2.84. The fourth-order valence-electron chi connectivity index (χ4n) is 4.86. The lowest BCUT2D eigenvalue weighted by Crippen LogP contribution is -2.54. The van der Waals surface area contributed by atoms with E-state index in [0.717, 1.165) is 30.0 Å². The van der Waals surface area contributed by atoms with Crippen LogP contribution < -0.4 is 19.7 Å². The van der Waals surface area contributed by atoms with Crippen LogP contribution >= 0.6 is 11.6 Å². The van der Waals surface area contributed by atoms with Crippen LogP contribution in [0.2, 0.25) is 5.15 Å². The van der Waals surface area contributed by atoms with Gasteiger partial charge < -0.3 is 19.7 Å². The van der Waals surface area contributed by atoms with Gasteiger partial charge in [0, 0.05) is 70.0 Å². The lowest BCUT2D eigenvalue weighted by molar-refractivity contribution is -0.121. The number of benzene rings is 1. The summed E-state index contributed by atoms with van der Waals surface area (Å²) in [5.41, 5.74) is 2.07. The van der Waals surface area contributed by atoms with Crippen LogP contribution in [-0.4, -0.2) is 67.8 Å². The summed E-state index contributed by atoms with van der Waals surface area (Å²) in [6, 6.07) is 11.3. The van der Waals surface area contributed by atoms with E-state index in [1.807, 2.05) is 30.5 Å². The summed E-state index contributed by atoms with van der Waals surface area (Å²) < 4.78 is 12.5. The van der Waals surface area contributed by atoms with Gasteiger partial charge in [-0.05, 0) is 29.3 Å². The zero-order valence-electron chi connectivity index (χ0n) is 21.1. The largest absolute Gasteiger partial charge is 0.454 e. The van der Waals surface area contributed by atoms with Crippen molar-refractivity contribution >= 4 is 23.3 Å². The fourth-order valence-corrected chi connectivity index (χ4v) is 5.03. The number of aromatic nitrogens is 5. The number of amides is 1. The second-order valence-corrected chi connectivity index (χ2v) is 9.82. The Labute approximate surface area is 230 Å². The monoisotopic (exact) mass is 546 g/mol. The van der Waals surface area contributed by atoms with Crippen LogP contribution in [0.1, 0.15) is 17.5 Å². The van der Waals surface area contributed by atoms with Gasteiger partial charge in [-0.2, -0.15) is 4.98 Å². The molecule has 39 heavy (non-hydrogen) atoms. The molecule has 0 spiro atoms. The number of hydrogen-bond donors (Lipinski definition) is 1. The van der Waals surface area contributed by atoms with Gasteiger partial charge in [-0.3, -0.25) is 19.2 Å². The Morgan fingerprint density at radius 1 is 1.05 bits per heavy atom. The number of ether oxygens (including phenoxy) is 2. The first-order chi connectivity index (χ1) is 19.1. The van der Waals surface area contributed by atoms with Crippen molar-refractivity contribution in [3.8, 4) is 17.4 Å². The second-order valence-electron chi connectivity index (χ2n) is 9.43. The van der Waals surface area contributed by atoms with Crippen molar-refractivity contribution in [1.82, 2.24) is 34.7 Å². The summed E-state index contributed by atoms with van der Waals surface area (Å²) in [5, 5.41) is 3.38. The van der Waals surface area contributed by atoms with E-state index in [-0.39, 0.29) is 25.2 Å². The molecule has 0 aliphatic carbocycles. The van der Waals surface area contributed by atoms with Gasteiger partial charge in [-0.1, -0.05) is 23.7 Å². The summed E-state index contributed by atoms with van der Waals surface area (Å²) in [4.78, 5) is 35.1. The van der Waals surface area contributed by atoms with Gasteiger partial charge in [-0.25, -0.2) is 9.97 Å². The van der Waals surface area contributed by atoms with Crippen molar-refractivity contribution in [2.75, 3.05) is 31.3 Å². The Bertz CT molecular complexity index is 1440. The number of rotatable bonds is 8. The van der Waals surface area contributed by atoms with Crippen molar-refractivity contribution in [2.45, 2.75) is 25.6 Å². The maximum atomic E-state index is 13.2. The number of halogens is 1. The molecular formula is C27H27ClN8O3. The summed E-state index contributed by atoms with van der Waals surface area (Å²) in [6.45, 7) is 3.51. The van der Waals surface area contributed by atoms with E-state index in [1.54, 1.807) is 35.6 Å². The number of hydrogen-bond acceptors (Lipinski definition) is 9. The van der Waals surface area contributed by atoms with Gasteiger partial charge >= 0.3 is 0 Å². The first-order valence-corrected chi connectivity index (χ1v) is 13.0. The molecule has 5 heterocycles. The molecule has 0 saturated carbocycles. The number of anilines is 1. The minimum Gasteiger partial charge on any atom is -0.454 e. The van der Waals surface area contributed by atoms with E-state index in [9.17, 15) is 4.79 Å². The molecular weight excluding hydrogens is 520 g/mol. The molecule has 6 rings (SSSR count). The lowest BCUT2D eigenvalue weighted by Gasteiger charge is -2.42. The molecule has 0 radical (unpaired) electrons. The quantitative estimate of drug-likeness (QED) is 0.333. The zero-order chi connectivity index (χ0) is 26.6. The fraction of sp³-hybridized carbons (Fsp3) is 0.296. The minimum absolute atomic E-state index is 0.0547. The third-order valence-electron chi connectivity index (χ3n) is 6.74. The van der Waals surface area contributed by atoms with E-state index in [2.05, 4.69) is 36.1 Å². The number of fused-ring (bicyclic) bond motifs is 1. The average Bonchev–Trinajstić information content (AvgIpc) is 3.65. The van der Waals surface area contributed by atoms with Crippen LogP contribution in [0.5, 0.6) is 11.5 Å². The summed E-state index contributed by atoms with van der Waals surface area (Å²) >= 11 is 6.41. The molecule has 11 nitrogen and oxygen atoms in total. The Kier molecular flexibility index (Phi) is 7.24. The number of carbonyl (C=O) groups is 1. The highest BCUT2D eigenvalue weighted by atomic mass is 35.5. The Hall–Kier alpha value is -4.22. The van der Waals surface area contributed by atoms with Crippen molar-refractivity contribution in [1.29, 1.82) is 0 Å². The summed E-state index contributed by atoms with van der Waals surface area (Å²) in [6.07, 6.45) is 8.99. The Balaban J connectivity index is 1.19. The highest BCUT2D eigenvalue weighted by molar-refractivity contribution is 6.29. The van der Waals surface area contributed by atoms with Crippen molar-refractivity contribution in [2.24, 2.45) is 0 Å². The molecule has 1 aromatic carbocycles. The van der Waals surface area contributed by atoms with Gasteiger partial charge in [0.25, 0.3) is 0 Å². The zero-order valence-corrected chi connectivity index (χ0v) is 21.9. The standard InChI is InChI=1S/C27H27ClN8O3/c28-24-12-25(33-27(32-24)35-7-6-30-17-35)36-9-8-34(15-20-2-1-5-29-13-20)16-21(36)11-26(37)31-14-19-3-4-22-23(10-19)39-18-38-22/h1-7,10,12-13,17,21H,8-9,11,14-16,18H2,(H,31,37). The minimum atomic E-state index is -0.131. The second kappa shape index (κ2) is 11.3. The Morgan fingerprint density at radius 2 is 1.97 bits per heavy atom. The van der Waals surface area contributed by atoms with E-state index >= 15 is 0 Å². The van der Waals surface area contributed by atoms with E-state index in [4.69, 9.17) is 26.1 Å². The number of piperazine rings is 1. The number of nitrogens with zero attached hydrogens (tertiary/aromatic N) is 7. The SMILES string of the molecule is O=C(CC1CN(Cc2cccnc2)CCN1c1cc(Cl)nc(-n2ccnc2)n1)NCc1ccc2c(c1)OCO2. The smallest absolute Gasteiger partial charge is 0.238 e. The summed E-state index contributed by atoms with van der Waals surface area (Å²) in [7, 11) is 0. The Morgan fingerprint density at radius 3 is 2.82 bits per heavy atom. The molecule has 1 N–H and O–H groups in total. The average molecular weight is 547 g/mol. The highest BCUT2D eigenvalue weighted by Crippen LogP contribution is 2.32. The van der Waals surface area contributed by atoms with Crippen molar-refractivity contribution < 1.29 is 14.3 Å². The molecule has 4 aromatic rings. The van der Waals surface area contributed by atoms with E-state index in [0.29, 0.717) is 42.3 Å². The first kappa shape index (κ1) is 25.1. The molecule has 0 bridgehead atoms. The van der Waals surface area contributed by atoms with Crippen LogP contribution in [0.3, 0.4) is 0 Å². The molecule has 1 amide bonds. The molecule has 2 aliphatic rings. The lowest BCUT2D eigenvalue weighted by atomic mass is 10.1. The number of carbonyl (C=O) groups excluding carboxylic acids is 1. The molecule has 2 aliphatic heterocycles.